The second kappa shape index (κ2) is 5.78. The molecule has 2 heteroatoms. The van der Waals surface area contributed by atoms with Gasteiger partial charge in [-0.3, -0.25) is 4.98 Å². The van der Waals surface area contributed by atoms with Crippen molar-refractivity contribution in [1.29, 1.82) is 0 Å². The van der Waals surface area contributed by atoms with Crippen LogP contribution in [0.5, 0.6) is 0 Å². The predicted octanol–water partition coefficient (Wildman–Crippen LogP) is 3.47. The van der Waals surface area contributed by atoms with Gasteiger partial charge in [0.2, 0.25) is 0 Å². The second-order valence-corrected chi connectivity index (χ2v) is 4.69. The van der Waals surface area contributed by atoms with Crippen LogP contribution in [-0.2, 0) is 6.54 Å². The Balaban J connectivity index is 2.44. The third-order valence-corrected chi connectivity index (χ3v) is 3.02. The fourth-order valence-electron chi connectivity index (χ4n) is 2.08. The van der Waals surface area contributed by atoms with Crippen molar-refractivity contribution in [2.75, 3.05) is 6.54 Å². The van der Waals surface area contributed by atoms with Crippen molar-refractivity contribution in [3.8, 4) is 11.1 Å². The summed E-state index contributed by atoms with van der Waals surface area (Å²) in [5.74, 6) is 0. The first kappa shape index (κ1) is 12.8. The van der Waals surface area contributed by atoms with Gasteiger partial charge in [0.25, 0.3) is 0 Å². The molecule has 1 aromatic heterocycles. The van der Waals surface area contributed by atoms with Crippen LogP contribution >= 0.6 is 0 Å². The molecule has 1 N–H and O–H groups in total. The van der Waals surface area contributed by atoms with Crippen LogP contribution in [0.15, 0.2) is 36.7 Å². The molecule has 94 valence electrons. The van der Waals surface area contributed by atoms with Crippen LogP contribution in [0.4, 0.5) is 0 Å². The van der Waals surface area contributed by atoms with E-state index in [1.54, 1.807) is 0 Å². The summed E-state index contributed by atoms with van der Waals surface area (Å²) in [6, 6.07) is 8.80. The Morgan fingerprint density at radius 3 is 2.61 bits per heavy atom. The second-order valence-electron chi connectivity index (χ2n) is 4.69. The number of hydrogen-bond acceptors (Lipinski definition) is 2. The van der Waals surface area contributed by atoms with Gasteiger partial charge in [0, 0.05) is 24.5 Å². The number of aryl methyl sites for hydroxylation is 2. The Hall–Kier alpha value is -1.67. The summed E-state index contributed by atoms with van der Waals surface area (Å²) < 4.78 is 0. The minimum atomic E-state index is 0.903. The Bertz CT molecular complexity index is 532. The number of rotatable bonds is 4. The number of nitrogens with zero attached hydrogens (tertiary/aromatic N) is 1. The molecule has 0 aliphatic heterocycles. The lowest BCUT2D eigenvalue weighted by atomic mass is 9.98. The lowest BCUT2D eigenvalue weighted by Crippen LogP contribution is -2.12. The molecule has 1 aromatic carbocycles. The lowest BCUT2D eigenvalue weighted by molar-refractivity contribution is 0.727. The van der Waals surface area contributed by atoms with Crippen LogP contribution < -0.4 is 5.32 Å². The van der Waals surface area contributed by atoms with E-state index < -0.39 is 0 Å². The van der Waals surface area contributed by atoms with E-state index in [2.05, 4.69) is 55.3 Å². The molecular weight excluding hydrogens is 220 g/mol. The van der Waals surface area contributed by atoms with Crippen molar-refractivity contribution in [2.24, 2.45) is 0 Å². The monoisotopic (exact) mass is 240 g/mol. The fourth-order valence-corrected chi connectivity index (χ4v) is 2.08. The zero-order valence-corrected chi connectivity index (χ0v) is 11.3. The quantitative estimate of drug-likeness (QED) is 0.885. The molecule has 0 saturated heterocycles. The van der Waals surface area contributed by atoms with E-state index in [4.69, 9.17) is 0 Å². The van der Waals surface area contributed by atoms with Crippen molar-refractivity contribution < 1.29 is 0 Å². The first-order chi connectivity index (χ1) is 8.70. The highest BCUT2D eigenvalue weighted by atomic mass is 14.8. The van der Waals surface area contributed by atoms with Crippen LogP contribution in [0.2, 0.25) is 0 Å². The van der Waals surface area contributed by atoms with Gasteiger partial charge in [-0.2, -0.15) is 0 Å². The molecule has 2 rings (SSSR count). The van der Waals surface area contributed by atoms with Gasteiger partial charge >= 0.3 is 0 Å². The van der Waals surface area contributed by atoms with Gasteiger partial charge in [-0.1, -0.05) is 30.7 Å². The standard InChI is InChI=1S/C16H20N2/c1-4-17-10-14-6-5-12(2)8-16(14)15-7-13(3)9-18-11-15/h5-9,11,17H,4,10H2,1-3H3. The van der Waals surface area contributed by atoms with Crippen molar-refractivity contribution in [1.82, 2.24) is 10.3 Å². The highest BCUT2D eigenvalue weighted by Gasteiger charge is 2.06. The Morgan fingerprint density at radius 2 is 1.89 bits per heavy atom. The van der Waals surface area contributed by atoms with Crippen LogP contribution in [-0.4, -0.2) is 11.5 Å². The van der Waals surface area contributed by atoms with Gasteiger partial charge in [-0.05, 0) is 43.1 Å². The number of benzene rings is 1. The van der Waals surface area contributed by atoms with Gasteiger partial charge in [-0.25, -0.2) is 0 Å². The summed E-state index contributed by atoms with van der Waals surface area (Å²) in [6.07, 6.45) is 3.83. The molecular formula is C16H20N2. The number of hydrogen-bond donors (Lipinski definition) is 1. The van der Waals surface area contributed by atoms with Gasteiger partial charge < -0.3 is 5.32 Å². The molecule has 2 aromatic rings. The Labute approximate surface area is 109 Å². The van der Waals surface area contributed by atoms with E-state index in [1.807, 2.05) is 12.4 Å². The molecule has 0 fully saturated rings. The molecule has 0 amide bonds. The topological polar surface area (TPSA) is 24.9 Å². The van der Waals surface area contributed by atoms with E-state index in [9.17, 15) is 0 Å². The maximum atomic E-state index is 4.29. The molecule has 0 radical (unpaired) electrons. The van der Waals surface area contributed by atoms with Gasteiger partial charge in [-0.15, -0.1) is 0 Å². The highest BCUT2D eigenvalue weighted by Crippen LogP contribution is 2.25. The van der Waals surface area contributed by atoms with Gasteiger partial charge in [0.05, 0.1) is 0 Å². The van der Waals surface area contributed by atoms with E-state index in [-0.39, 0.29) is 0 Å². The Kier molecular flexibility index (Phi) is 4.11. The van der Waals surface area contributed by atoms with Gasteiger partial charge in [0.1, 0.15) is 0 Å². The molecule has 0 saturated carbocycles. The molecule has 0 bridgehead atoms. The van der Waals surface area contributed by atoms with Crippen LogP contribution in [0.25, 0.3) is 11.1 Å². The molecule has 2 nitrogen and oxygen atoms in total. The third-order valence-electron chi connectivity index (χ3n) is 3.02. The summed E-state index contributed by atoms with van der Waals surface area (Å²) in [5.41, 5.74) is 6.30. The summed E-state index contributed by atoms with van der Waals surface area (Å²) in [4.78, 5) is 4.29. The molecule has 0 aliphatic carbocycles. The third kappa shape index (κ3) is 2.96. The van der Waals surface area contributed by atoms with Crippen LogP contribution in [0, 0.1) is 13.8 Å². The number of nitrogens with one attached hydrogen (secondary N) is 1. The molecule has 0 atom stereocenters. The van der Waals surface area contributed by atoms with Crippen molar-refractivity contribution >= 4 is 0 Å². The maximum absolute atomic E-state index is 4.29. The zero-order valence-electron chi connectivity index (χ0n) is 11.3. The Morgan fingerprint density at radius 1 is 1.06 bits per heavy atom. The normalized spacial score (nSPS) is 10.6. The first-order valence-electron chi connectivity index (χ1n) is 6.43. The molecule has 0 aliphatic rings. The van der Waals surface area contributed by atoms with E-state index >= 15 is 0 Å². The van der Waals surface area contributed by atoms with E-state index in [0.717, 1.165) is 13.1 Å². The molecule has 0 unspecified atom stereocenters. The fraction of sp³-hybridized carbons (Fsp3) is 0.312. The van der Waals surface area contributed by atoms with Crippen LogP contribution in [0.3, 0.4) is 0 Å². The smallest absolute Gasteiger partial charge is 0.0346 e. The summed E-state index contributed by atoms with van der Waals surface area (Å²) in [7, 11) is 0. The average molecular weight is 240 g/mol. The van der Waals surface area contributed by atoms with E-state index in [0.29, 0.717) is 0 Å². The first-order valence-corrected chi connectivity index (χ1v) is 6.43. The SMILES string of the molecule is CCNCc1ccc(C)cc1-c1cncc(C)c1. The minimum Gasteiger partial charge on any atom is -0.313 e. The molecule has 0 spiro atoms. The maximum Gasteiger partial charge on any atom is 0.0346 e. The molecule has 1 heterocycles. The van der Waals surface area contributed by atoms with Crippen LogP contribution in [0.1, 0.15) is 23.6 Å². The highest BCUT2D eigenvalue weighted by molar-refractivity contribution is 5.67. The lowest BCUT2D eigenvalue weighted by Gasteiger charge is -2.11. The zero-order chi connectivity index (χ0) is 13.0. The predicted molar refractivity (Wildman–Crippen MR) is 76.5 cm³/mol. The largest absolute Gasteiger partial charge is 0.313 e. The van der Waals surface area contributed by atoms with Crippen molar-refractivity contribution in [3.63, 3.8) is 0 Å². The van der Waals surface area contributed by atoms with Gasteiger partial charge in [0.15, 0.2) is 0 Å². The molecule has 18 heavy (non-hydrogen) atoms. The minimum absolute atomic E-state index is 0.903. The van der Waals surface area contributed by atoms with Crippen molar-refractivity contribution in [3.05, 3.63) is 53.3 Å². The van der Waals surface area contributed by atoms with E-state index in [1.165, 1.54) is 27.8 Å². The summed E-state index contributed by atoms with van der Waals surface area (Å²) in [5, 5.41) is 3.39. The summed E-state index contributed by atoms with van der Waals surface area (Å²) in [6.45, 7) is 8.22. The summed E-state index contributed by atoms with van der Waals surface area (Å²) >= 11 is 0. The average Bonchev–Trinajstić information content (AvgIpc) is 2.37. The number of aromatic nitrogens is 1. The number of pyridine rings is 1. The van der Waals surface area contributed by atoms with Crippen molar-refractivity contribution in [2.45, 2.75) is 27.3 Å².